The third-order valence-electron chi connectivity index (χ3n) is 0.843. The van der Waals surface area contributed by atoms with Crippen LogP contribution in [0.2, 0.25) is 0 Å². The van der Waals surface area contributed by atoms with Crippen LogP contribution in [0.5, 0.6) is 0 Å². The zero-order chi connectivity index (χ0) is 7.82. The van der Waals surface area contributed by atoms with Crippen molar-refractivity contribution in [1.29, 1.82) is 0 Å². The van der Waals surface area contributed by atoms with Crippen LogP contribution in [0.1, 0.15) is 5.56 Å². The van der Waals surface area contributed by atoms with Crippen molar-refractivity contribution in [2.24, 2.45) is 0 Å². The van der Waals surface area contributed by atoms with Crippen LogP contribution in [-0.4, -0.2) is 0 Å². The summed E-state index contributed by atoms with van der Waals surface area (Å²) in [6.45, 7) is 3.72. The van der Waals surface area contributed by atoms with E-state index in [0.717, 1.165) is 5.56 Å². The molecular formula is C7H7O2Ti. The summed E-state index contributed by atoms with van der Waals surface area (Å²) in [6.07, 6.45) is 0. The van der Waals surface area contributed by atoms with Gasteiger partial charge in [-0.15, -0.1) is 0 Å². The summed E-state index contributed by atoms with van der Waals surface area (Å²) < 4.78 is 17.0. The molecule has 0 aliphatic carbocycles. The number of benzene rings is 1. The van der Waals surface area contributed by atoms with Crippen LogP contribution in [0.4, 0.5) is 0 Å². The Hall–Kier alpha value is -0.466. The molecule has 1 aromatic rings. The van der Waals surface area contributed by atoms with Crippen LogP contribution in [0.3, 0.4) is 0 Å². The van der Waals surface area contributed by atoms with Crippen molar-refractivity contribution in [3.63, 3.8) is 0 Å². The van der Waals surface area contributed by atoms with Crippen LogP contribution in [0, 0.1) is 6.92 Å². The Kier molecular flexibility index (Phi) is 6.34. The Morgan fingerprint density at radius 2 is 1.50 bits per heavy atom. The number of rotatable bonds is 0. The molecule has 2 nitrogen and oxygen atoms in total. The van der Waals surface area contributed by atoms with Gasteiger partial charge in [0, 0.05) is 0 Å². The number of hydrogen-bond acceptors (Lipinski definition) is 2. The second-order valence-electron chi connectivity index (χ2n) is 1.57. The molecule has 0 bridgehead atoms. The molecule has 0 aliphatic heterocycles. The van der Waals surface area contributed by atoms with Crippen molar-refractivity contribution in [3.8, 4) is 0 Å². The third kappa shape index (κ3) is 5.67. The van der Waals surface area contributed by atoms with Gasteiger partial charge in [0.15, 0.2) is 0 Å². The van der Waals surface area contributed by atoms with E-state index < -0.39 is 19.1 Å². The predicted octanol–water partition coefficient (Wildman–Crippen LogP) is 1.63. The third-order valence-corrected chi connectivity index (χ3v) is 0.843. The van der Waals surface area contributed by atoms with Gasteiger partial charge in [-0.25, -0.2) is 0 Å². The SMILES string of the molecule is [CH2]c1ccccc1.[O]=[Ti]=[O]. The van der Waals surface area contributed by atoms with Gasteiger partial charge in [0.25, 0.3) is 0 Å². The van der Waals surface area contributed by atoms with E-state index in [4.69, 9.17) is 6.65 Å². The molecule has 0 aliphatic rings. The molecule has 0 saturated carbocycles. The van der Waals surface area contributed by atoms with E-state index in [1.807, 2.05) is 30.3 Å². The summed E-state index contributed by atoms with van der Waals surface area (Å²) in [5.41, 5.74) is 1.07. The molecule has 0 fully saturated rings. The van der Waals surface area contributed by atoms with Gasteiger partial charge in [0.1, 0.15) is 0 Å². The predicted molar refractivity (Wildman–Crippen MR) is 32.3 cm³/mol. The summed E-state index contributed by atoms with van der Waals surface area (Å²) in [7, 11) is 0. The first kappa shape index (κ1) is 9.53. The quantitative estimate of drug-likeness (QED) is 0.556. The monoisotopic (exact) mass is 171 g/mol. The molecule has 0 heterocycles. The van der Waals surface area contributed by atoms with Crippen molar-refractivity contribution >= 4 is 0 Å². The first-order valence-electron chi connectivity index (χ1n) is 2.67. The summed E-state index contributed by atoms with van der Waals surface area (Å²) in [5, 5.41) is 0. The maximum absolute atomic E-state index is 8.50. The molecule has 1 rings (SSSR count). The second kappa shape index (κ2) is 6.65. The molecule has 3 heteroatoms. The molecule has 1 aromatic carbocycles. The molecule has 0 atom stereocenters. The van der Waals surface area contributed by atoms with Gasteiger partial charge in [-0.3, -0.25) is 0 Å². The fraction of sp³-hybridized carbons (Fsp3) is 0. The van der Waals surface area contributed by atoms with Crippen molar-refractivity contribution in [3.05, 3.63) is 42.8 Å². The topological polar surface area (TPSA) is 34.1 Å². The first-order valence-corrected chi connectivity index (χ1v) is 3.95. The van der Waals surface area contributed by atoms with Crippen molar-refractivity contribution in [2.45, 2.75) is 0 Å². The van der Waals surface area contributed by atoms with E-state index in [0.29, 0.717) is 0 Å². The zero-order valence-electron chi connectivity index (χ0n) is 5.41. The van der Waals surface area contributed by atoms with Gasteiger partial charge in [0.2, 0.25) is 0 Å². The van der Waals surface area contributed by atoms with Crippen molar-refractivity contribution in [1.82, 2.24) is 0 Å². The maximum atomic E-state index is 8.50. The Labute approximate surface area is 68.8 Å². The van der Waals surface area contributed by atoms with Gasteiger partial charge in [0.05, 0.1) is 0 Å². The van der Waals surface area contributed by atoms with Gasteiger partial charge < -0.3 is 0 Å². The molecule has 0 spiro atoms. The van der Waals surface area contributed by atoms with Crippen LogP contribution in [0.25, 0.3) is 0 Å². The fourth-order valence-electron chi connectivity index (χ4n) is 0.478. The van der Waals surface area contributed by atoms with E-state index in [9.17, 15) is 0 Å². The van der Waals surface area contributed by atoms with E-state index in [1.165, 1.54) is 0 Å². The molecular weight excluding hydrogens is 164 g/mol. The van der Waals surface area contributed by atoms with E-state index in [1.54, 1.807) is 0 Å². The Morgan fingerprint density at radius 1 is 1.10 bits per heavy atom. The average molecular weight is 171 g/mol. The average Bonchev–Trinajstić information content (AvgIpc) is 1.91. The second-order valence-corrected chi connectivity index (χ2v) is 1.83. The van der Waals surface area contributed by atoms with E-state index in [-0.39, 0.29) is 0 Å². The molecule has 1 radical (unpaired) electrons. The van der Waals surface area contributed by atoms with Gasteiger partial charge >= 0.3 is 25.7 Å². The standard InChI is InChI=1S/C7H7.2O.Ti/c1-7-5-3-2-4-6-7;;;/h2-6H,1H2;;;. The summed E-state index contributed by atoms with van der Waals surface area (Å²) in [4.78, 5) is 0. The summed E-state index contributed by atoms with van der Waals surface area (Å²) in [5.74, 6) is 0. The Bertz CT molecular complexity index is 202. The number of hydrogen-bond donors (Lipinski definition) is 0. The molecule has 0 aromatic heterocycles. The molecule has 51 valence electrons. The normalized spacial score (nSPS) is 6.90. The van der Waals surface area contributed by atoms with Crippen molar-refractivity contribution in [2.75, 3.05) is 0 Å². The summed E-state index contributed by atoms with van der Waals surface area (Å²) >= 11 is -2.00. The zero-order valence-corrected chi connectivity index (χ0v) is 6.97. The molecule has 0 amide bonds. The fourth-order valence-corrected chi connectivity index (χ4v) is 0.478. The Morgan fingerprint density at radius 3 is 1.70 bits per heavy atom. The first-order chi connectivity index (χ1) is 4.81. The summed E-state index contributed by atoms with van der Waals surface area (Å²) in [6, 6.07) is 9.87. The molecule has 0 N–H and O–H groups in total. The van der Waals surface area contributed by atoms with Crippen LogP contribution >= 0.6 is 0 Å². The molecule has 0 saturated heterocycles. The molecule has 0 unspecified atom stereocenters. The van der Waals surface area contributed by atoms with Crippen LogP contribution in [0.15, 0.2) is 30.3 Å². The minimum atomic E-state index is -2.00. The minimum absolute atomic E-state index is 1.07. The van der Waals surface area contributed by atoms with Crippen molar-refractivity contribution < 1.29 is 25.7 Å². The Balaban J connectivity index is 0.000000236. The van der Waals surface area contributed by atoms with E-state index >= 15 is 0 Å². The van der Waals surface area contributed by atoms with Crippen LogP contribution in [-0.2, 0) is 25.7 Å². The van der Waals surface area contributed by atoms with Crippen LogP contribution < -0.4 is 0 Å². The van der Waals surface area contributed by atoms with E-state index in [2.05, 4.69) is 6.92 Å². The van der Waals surface area contributed by atoms with Gasteiger partial charge in [-0.1, -0.05) is 30.3 Å². The molecule has 10 heavy (non-hydrogen) atoms. The van der Waals surface area contributed by atoms with Gasteiger partial charge in [-0.05, 0) is 12.5 Å². The van der Waals surface area contributed by atoms with Gasteiger partial charge in [-0.2, -0.15) is 0 Å².